The van der Waals surface area contributed by atoms with E-state index in [4.69, 9.17) is 5.11 Å². The molecule has 1 aromatic rings. The lowest BCUT2D eigenvalue weighted by Gasteiger charge is -2.21. The smallest absolute Gasteiger partial charge is 0.326 e. The van der Waals surface area contributed by atoms with E-state index in [-0.39, 0.29) is 12.3 Å². The number of carboxylic acids is 1. The quantitative estimate of drug-likeness (QED) is 0.848. The van der Waals surface area contributed by atoms with Crippen LogP contribution in [0, 0.1) is 11.6 Å². The molecular formula is C14H15F2NO3S. The van der Waals surface area contributed by atoms with Crippen molar-refractivity contribution in [1.29, 1.82) is 0 Å². The molecule has 21 heavy (non-hydrogen) atoms. The molecular weight excluding hydrogens is 300 g/mol. The largest absolute Gasteiger partial charge is 0.480 e. The summed E-state index contributed by atoms with van der Waals surface area (Å²) < 4.78 is 25.8. The molecule has 1 fully saturated rings. The molecule has 0 bridgehead atoms. The minimum absolute atomic E-state index is 0.174. The minimum Gasteiger partial charge on any atom is -0.480 e. The molecule has 1 N–H and O–H groups in total. The number of rotatable bonds is 5. The highest BCUT2D eigenvalue weighted by atomic mass is 32.2. The zero-order valence-electron chi connectivity index (χ0n) is 11.2. The number of carboxylic acid groups (broad SMARTS) is 1. The summed E-state index contributed by atoms with van der Waals surface area (Å²) in [6.07, 6.45) is 1.35. The van der Waals surface area contributed by atoms with Gasteiger partial charge in [0.1, 0.15) is 6.04 Å². The second-order valence-electron chi connectivity index (χ2n) is 4.76. The number of carbonyl (C=O) groups is 2. The molecule has 0 aromatic heterocycles. The Bertz CT molecular complexity index is 553. The van der Waals surface area contributed by atoms with E-state index in [0.29, 0.717) is 30.0 Å². The Morgan fingerprint density at radius 1 is 1.33 bits per heavy atom. The topological polar surface area (TPSA) is 57.6 Å². The Morgan fingerprint density at radius 2 is 2.10 bits per heavy atom. The summed E-state index contributed by atoms with van der Waals surface area (Å²) in [5, 5.41) is 9.02. The van der Waals surface area contributed by atoms with Gasteiger partial charge in [0, 0.05) is 23.6 Å². The molecule has 1 atom stereocenters. The van der Waals surface area contributed by atoms with E-state index in [2.05, 4.69) is 0 Å². The molecule has 114 valence electrons. The Morgan fingerprint density at radius 3 is 2.76 bits per heavy atom. The summed E-state index contributed by atoms with van der Waals surface area (Å²) in [4.78, 5) is 24.9. The fraction of sp³-hybridized carbons (Fsp3) is 0.429. The van der Waals surface area contributed by atoms with E-state index in [1.54, 1.807) is 0 Å². The summed E-state index contributed by atoms with van der Waals surface area (Å²) in [6, 6.07) is 2.84. The van der Waals surface area contributed by atoms with Crippen molar-refractivity contribution in [3.05, 3.63) is 29.8 Å². The van der Waals surface area contributed by atoms with E-state index < -0.39 is 23.6 Å². The lowest BCUT2D eigenvalue weighted by Crippen LogP contribution is -2.40. The number of nitrogens with zero attached hydrogens (tertiary/aromatic N) is 1. The zero-order chi connectivity index (χ0) is 15.4. The first-order chi connectivity index (χ1) is 9.99. The molecule has 0 aliphatic carbocycles. The van der Waals surface area contributed by atoms with Crippen molar-refractivity contribution in [3.63, 3.8) is 0 Å². The second kappa shape index (κ2) is 6.89. The third-order valence-corrected chi connectivity index (χ3v) is 4.33. The van der Waals surface area contributed by atoms with Crippen molar-refractivity contribution in [1.82, 2.24) is 4.90 Å². The van der Waals surface area contributed by atoms with Crippen molar-refractivity contribution in [2.45, 2.75) is 30.2 Å². The number of thioether (sulfide) groups is 1. The average Bonchev–Trinajstić information content (AvgIpc) is 2.92. The molecule has 1 saturated heterocycles. The van der Waals surface area contributed by atoms with Gasteiger partial charge in [0.25, 0.3) is 0 Å². The van der Waals surface area contributed by atoms with Gasteiger partial charge in [-0.25, -0.2) is 13.6 Å². The van der Waals surface area contributed by atoms with Gasteiger partial charge in [0.05, 0.1) is 0 Å². The molecule has 0 radical (unpaired) electrons. The molecule has 4 nitrogen and oxygen atoms in total. The lowest BCUT2D eigenvalue weighted by molar-refractivity contribution is -0.148. The summed E-state index contributed by atoms with van der Waals surface area (Å²) in [5.41, 5.74) is 0. The van der Waals surface area contributed by atoms with E-state index in [1.165, 1.54) is 22.7 Å². The van der Waals surface area contributed by atoms with Crippen molar-refractivity contribution in [3.8, 4) is 0 Å². The van der Waals surface area contributed by atoms with Crippen LogP contribution in [0.2, 0.25) is 0 Å². The Kier molecular flexibility index (Phi) is 5.17. The van der Waals surface area contributed by atoms with E-state index in [1.807, 2.05) is 0 Å². The van der Waals surface area contributed by atoms with Crippen LogP contribution < -0.4 is 0 Å². The lowest BCUT2D eigenvalue weighted by atomic mass is 10.2. The average molecular weight is 315 g/mol. The standard InChI is InChI=1S/C14H15F2NO3S/c15-10-4-3-9(8-11(10)16)21-7-5-13(18)17-6-1-2-12(17)14(19)20/h3-4,8,12H,1-2,5-7H2,(H,19,20). The zero-order valence-corrected chi connectivity index (χ0v) is 12.0. The molecule has 1 aliphatic rings. The highest BCUT2D eigenvalue weighted by Gasteiger charge is 2.33. The fourth-order valence-corrected chi connectivity index (χ4v) is 3.15. The number of hydrogen-bond donors (Lipinski definition) is 1. The van der Waals surface area contributed by atoms with Crippen LogP contribution in [0.3, 0.4) is 0 Å². The van der Waals surface area contributed by atoms with Crippen LogP contribution in [0.15, 0.2) is 23.1 Å². The van der Waals surface area contributed by atoms with Crippen LogP contribution in [0.25, 0.3) is 0 Å². The van der Waals surface area contributed by atoms with Crippen molar-refractivity contribution >= 4 is 23.6 Å². The first-order valence-electron chi connectivity index (χ1n) is 6.59. The normalized spacial score (nSPS) is 18.0. The molecule has 1 aromatic carbocycles. The number of amides is 1. The van der Waals surface area contributed by atoms with Gasteiger partial charge in [-0.2, -0.15) is 0 Å². The van der Waals surface area contributed by atoms with E-state index in [0.717, 1.165) is 12.1 Å². The predicted octanol–water partition coefficient (Wildman–Crippen LogP) is 2.52. The van der Waals surface area contributed by atoms with Crippen LogP contribution in [-0.2, 0) is 9.59 Å². The van der Waals surface area contributed by atoms with E-state index >= 15 is 0 Å². The van der Waals surface area contributed by atoms with Gasteiger partial charge >= 0.3 is 5.97 Å². The monoisotopic (exact) mass is 315 g/mol. The minimum atomic E-state index is -0.978. The molecule has 1 amide bonds. The van der Waals surface area contributed by atoms with Gasteiger partial charge in [-0.3, -0.25) is 4.79 Å². The van der Waals surface area contributed by atoms with Crippen LogP contribution in [0.4, 0.5) is 8.78 Å². The number of benzene rings is 1. The van der Waals surface area contributed by atoms with Gasteiger partial charge in [-0.15, -0.1) is 11.8 Å². The van der Waals surface area contributed by atoms with Crippen LogP contribution >= 0.6 is 11.8 Å². The van der Waals surface area contributed by atoms with Gasteiger partial charge in [0.2, 0.25) is 5.91 Å². The third kappa shape index (κ3) is 3.93. The molecule has 0 saturated carbocycles. The van der Waals surface area contributed by atoms with Crippen molar-refractivity contribution in [2.75, 3.05) is 12.3 Å². The van der Waals surface area contributed by atoms with Gasteiger partial charge in [0.15, 0.2) is 11.6 Å². The maximum atomic E-state index is 13.0. The Balaban J connectivity index is 1.84. The van der Waals surface area contributed by atoms with Gasteiger partial charge in [-0.1, -0.05) is 0 Å². The number of halogens is 2. The molecule has 1 aliphatic heterocycles. The third-order valence-electron chi connectivity index (χ3n) is 3.33. The molecule has 1 heterocycles. The number of hydrogen-bond acceptors (Lipinski definition) is 3. The second-order valence-corrected chi connectivity index (χ2v) is 5.93. The molecule has 0 spiro atoms. The van der Waals surface area contributed by atoms with Crippen molar-refractivity contribution < 1.29 is 23.5 Å². The Labute approximate surface area is 125 Å². The number of likely N-dealkylation sites (tertiary alicyclic amines) is 1. The van der Waals surface area contributed by atoms with Gasteiger partial charge < -0.3 is 10.0 Å². The van der Waals surface area contributed by atoms with Crippen LogP contribution in [0.1, 0.15) is 19.3 Å². The highest BCUT2D eigenvalue weighted by Crippen LogP contribution is 2.23. The molecule has 1 unspecified atom stereocenters. The Hall–Kier alpha value is -1.63. The summed E-state index contributed by atoms with van der Waals surface area (Å²) in [6.45, 7) is 0.464. The molecule has 7 heteroatoms. The van der Waals surface area contributed by atoms with Crippen LogP contribution in [0.5, 0.6) is 0 Å². The summed E-state index contributed by atoms with van der Waals surface area (Å²) >= 11 is 1.24. The maximum absolute atomic E-state index is 13.0. The fourth-order valence-electron chi connectivity index (χ4n) is 2.29. The predicted molar refractivity (Wildman–Crippen MR) is 74.1 cm³/mol. The summed E-state index contributed by atoms with van der Waals surface area (Å²) in [7, 11) is 0. The first-order valence-corrected chi connectivity index (χ1v) is 7.57. The van der Waals surface area contributed by atoms with Gasteiger partial charge in [-0.05, 0) is 31.0 Å². The highest BCUT2D eigenvalue weighted by molar-refractivity contribution is 7.99. The number of carbonyl (C=O) groups excluding carboxylic acids is 1. The number of aliphatic carboxylic acids is 1. The maximum Gasteiger partial charge on any atom is 0.326 e. The summed E-state index contributed by atoms with van der Waals surface area (Å²) in [5.74, 6) is -2.62. The van der Waals surface area contributed by atoms with Crippen molar-refractivity contribution in [2.24, 2.45) is 0 Å². The SMILES string of the molecule is O=C(O)C1CCCN1C(=O)CCSc1ccc(F)c(F)c1. The molecule has 2 rings (SSSR count). The van der Waals surface area contributed by atoms with E-state index in [9.17, 15) is 18.4 Å². The first kappa shape index (κ1) is 15.8. The van der Waals surface area contributed by atoms with Crippen LogP contribution in [-0.4, -0.2) is 40.2 Å².